The van der Waals surface area contributed by atoms with E-state index in [9.17, 15) is 9.65 Å². The first-order chi connectivity index (χ1) is 12.7. The fourth-order valence-corrected chi connectivity index (χ4v) is 2.68. The molecule has 3 aromatic rings. The van der Waals surface area contributed by atoms with Crippen LogP contribution in [0.2, 0.25) is 0 Å². The van der Waals surface area contributed by atoms with Crippen molar-refractivity contribution in [2.75, 3.05) is 0 Å². The molecule has 0 aliphatic rings. The maximum atomic E-state index is 13.6. The lowest BCUT2D eigenvalue weighted by Gasteiger charge is -2.07. The van der Waals surface area contributed by atoms with Crippen LogP contribution in [0.15, 0.2) is 77.3 Å². The Morgan fingerprint density at radius 1 is 1.00 bits per heavy atom. The van der Waals surface area contributed by atoms with Gasteiger partial charge in [-0.3, -0.25) is 0 Å². The molecular formula is C22H15BrFNO. The van der Waals surface area contributed by atoms with Gasteiger partial charge >= 0.3 is 0 Å². The van der Waals surface area contributed by atoms with Gasteiger partial charge in [-0.25, -0.2) is 4.39 Å². The van der Waals surface area contributed by atoms with Gasteiger partial charge < -0.3 is 4.74 Å². The highest BCUT2D eigenvalue weighted by Crippen LogP contribution is 2.22. The van der Waals surface area contributed by atoms with Crippen LogP contribution in [0.1, 0.15) is 16.7 Å². The number of ether oxygens (including phenoxy) is 1. The van der Waals surface area contributed by atoms with Crippen LogP contribution < -0.4 is 4.74 Å². The number of hydrogen-bond acceptors (Lipinski definition) is 2. The Morgan fingerprint density at radius 2 is 1.69 bits per heavy atom. The molecule has 0 aliphatic heterocycles. The lowest BCUT2D eigenvalue weighted by Crippen LogP contribution is -1.98. The number of rotatable bonds is 5. The fourth-order valence-electron chi connectivity index (χ4n) is 2.41. The lowest BCUT2D eigenvalue weighted by atomic mass is 10.0. The average Bonchev–Trinajstić information content (AvgIpc) is 2.67. The predicted molar refractivity (Wildman–Crippen MR) is 105 cm³/mol. The van der Waals surface area contributed by atoms with Gasteiger partial charge in [-0.15, -0.1) is 0 Å². The van der Waals surface area contributed by atoms with Gasteiger partial charge in [0.2, 0.25) is 0 Å². The molecule has 0 radical (unpaired) electrons. The SMILES string of the molecule is N#C/C(=C\c1ccc(OCc2ccccc2F)cc1)c1ccc(Br)cc1. The first-order valence-corrected chi connectivity index (χ1v) is 8.79. The highest BCUT2D eigenvalue weighted by molar-refractivity contribution is 9.10. The van der Waals surface area contributed by atoms with Gasteiger partial charge in [0.05, 0.1) is 11.6 Å². The summed E-state index contributed by atoms with van der Waals surface area (Å²) in [4.78, 5) is 0. The van der Waals surface area contributed by atoms with E-state index in [4.69, 9.17) is 4.74 Å². The summed E-state index contributed by atoms with van der Waals surface area (Å²) in [6, 6.07) is 23.7. The Hall–Kier alpha value is -2.90. The first-order valence-electron chi connectivity index (χ1n) is 8.00. The summed E-state index contributed by atoms with van der Waals surface area (Å²) in [6.07, 6.45) is 1.82. The molecule has 0 N–H and O–H groups in total. The Labute approximate surface area is 160 Å². The molecule has 0 amide bonds. The molecule has 0 aliphatic carbocycles. The largest absolute Gasteiger partial charge is 0.489 e. The number of nitrogens with zero attached hydrogens (tertiary/aromatic N) is 1. The van der Waals surface area contributed by atoms with E-state index in [1.54, 1.807) is 18.2 Å². The highest BCUT2D eigenvalue weighted by Gasteiger charge is 2.03. The molecule has 0 heterocycles. The van der Waals surface area contributed by atoms with E-state index in [1.807, 2.05) is 54.6 Å². The summed E-state index contributed by atoms with van der Waals surface area (Å²) in [7, 11) is 0. The Bertz CT molecular complexity index is 957. The highest BCUT2D eigenvalue weighted by atomic mass is 79.9. The van der Waals surface area contributed by atoms with Gasteiger partial charge in [-0.1, -0.05) is 58.4 Å². The summed E-state index contributed by atoms with van der Waals surface area (Å²) in [6.45, 7) is 0.171. The van der Waals surface area contributed by atoms with Gasteiger partial charge in [0.25, 0.3) is 0 Å². The van der Waals surface area contributed by atoms with Crippen LogP contribution in [0.5, 0.6) is 5.75 Å². The van der Waals surface area contributed by atoms with E-state index in [0.717, 1.165) is 15.6 Å². The fraction of sp³-hybridized carbons (Fsp3) is 0.0455. The standard InChI is InChI=1S/C22H15BrFNO/c23-20-9-7-17(8-10-20)19(14-25)13-16-5-11-21(12-6-16)26-15-18-3-1-2-4-22(18)24/h1-13H,15H2/b19-13+. The van der Waals surface area contributed by atoms with Crippen LogP contribution in [-0.2, 0) is 6.61 Å². The summed E-state index contributed by atoms with van der Waals surface area (Å²) < 4.78 is 20.2. The predicted octanol–water partition coefficient (Wildman–Crippen LogP) is 6.23. The van der Waals surface area contributed by atoms with Gasteiger partial charge in [-0.2, -0.15) is 5.26 Å². The van der Waals surface area contributed by atoms with Crippen LogP contribution in [-0.4, -0.2) is 0 Å². The number of hydrogen-bond donors (Lipinski definition) is 0. The minimum absolute atomic E-state index is 0.171. The van der Waals surface area contributed by atoms with Crippen molar-refractivity contribution in [1.82, 2.24) is 0 Å². The molecule has 3 rings (SSSR count). The zero-order valence-corrected chi connectivity index (χ0v) is 15.4. The number of nitriles is 1. The maximum absolute atomic E-state index is 13.6. The van der Waals surface area contributed by atoms with Crippen molar-refractivity contribution in [2.45, 2.75) is 6.61 Å². The van der Waals surface area contributed by atoms with Crippen molar-refractivity contribution >= 4 is 27.6 Å². The van der Waals surface area contributed by atoms with Crippen LogP contribution >= 0.6 is 15.9 Å². The van der Waals surface area contributed by atoms with E-state index in [-0.39, 0.29) is 12.4 Å². The molecule has 26 heavy (non-hydrogen) atoms. The molecule has 128 valence electrons. The summed E-state index contributed by atoms with van der Waals surface area (Å²) in [5, 5.41) is 9.41. The second kappa shape index (κ2) is 8.46. The molecule has 0 unspecified atom stereocenters. The van der Waals surface area contributed by atoms with E-state index in [0.29, 0.717) is 16.9 Å². The minimum Gasteiger partial charge on any atom is -0.489 e. The van der Waals surface area contributed by atoms with Crippen molar-refractivity contribution in [1.29, 1.82) is 5.26 Å². The van der Waals surface area contributed by atoms with Gasteiger partial charge in [0, 0.05) is 10.0 Å². The number of allylic oxidation sites excluding steroid dienone is 1. The first kappa shape index (κ1) is 17.9. The Kier molecular flexibility index (Phi) is 5.83. The second-order valence-electron chi connectivity index (χ2n) is 5.63. The Balaban J connectivity index is 1.71. The quantitative estimate of drug-likeness (QED) is 0.370. The smallest absolute Gasteiger partial charge is 0.129 e. The van der Waals surface area contributed by atoms with Gasteiger partial charge in [0.15, 0.2) is 0 Å². The molecule has 0 aromatic heterocycles. The minimum atomic E-state index is -0.278. The third-order valence-electron chi connectivity index (χ3n) is 3.82. The van der Waals surface area contributed by atoms with Crippen molar-refractivity contribution in [3.63, 3.8) is 0 Å². The molecule has 0 fully saturated rings. The molecule has 0 atom stereocenters. The topological polar surface area (TPSA) is 33.0 Å². The van der Waals surface area contributed by atoms with Crippen molar-refractivity contribution < 1.29 is 9.13 Å². The molecule has 0 spiro atoms. The molecule has 0 bridgehead atoms. The summed E-state index contributed by atoms with van der Waals surface area (Å²) in [5.74, 6) is 0.368. The zero-order valence-electron chi connectivity index (χ0n) is 13.8. The van der Waals surface area contributed by atoms with Crippen LogP contribution in [0, 0.1) is 17.1 Å². The monoisotopic (exact) mass is 407 g/mol. The molecule has 4 heteroatoms. The van der Waals surface area contributed by atoms with Gasteiger partial charge in [0.1, 0.15) is 18.2 Å². The lowest BCUT2D eigenvalue weighted by molar-refractivity contribution is 0.300. The number of halogens is 2. The maximum Gasteiger partial charge on any atom is 0.129 e. The van der Waals surface area contributed by atoms with Gasteiger partial charge in [-0.05, 0) is 47.5 Å². The van der Waals surface area contributed by atoms with Crippen molar-refractivity contribution in [3.05, 3.63) is 99.8 Å². The normalized spacial score (nSPS) is 11.0. The van der Waals surface area contributed by atoms with E-state index < -0.39 is 0 Å². The van der Waals surface area contributed by atoms with Crippen molar-refractivity contribution in [3.8, 4) is 11.8 Å². The third kappa shape index (κ3) is 4.59. The van der Waals surface area contributed by atoms with E-state index in [1.165, 1.54) is 6.07 Å². The van der Waals surface area contributed by atoms with Crippen LogP contribution in [0.25, 0.3) is 11.6 Å². The molecular weight excluding hydrogens is 393 g/mol. The van der Waals surface area contributed by atoms with E-state index in [2.05, 4.69) is 22.0 Å². The molecule has 0 saturated heterocycles. The molecule has 2 nitrogen and oxygen atoms in total. The second-order valence-corrected chi connectivity index (χ2v) is 6.54. The summed E-state index contributed by atoms with van der Waals surface area (Å²) in [5.41, 5.74) is 2.84. The van der Waals surface area contributed by atoms with E-state index >= 15 is 0 Å². The number of benzene rings is 3. The third-order valence-corrected chi connectivity index (χ3v) is 4.35. The van der Waals surface area contributed by atoms with Crippen LogP contribution in [0.3, 0.4) is 0 Å². The average molecular weight is 408 g/mol. The molecule has 3 aromatic carbocycles. The van der Waals surface area contributed by atoms with Crippen LogP contribution in [0.4, 0.5) is 4.39 Å². The van der Waals surface area contributed by atoms with Crippen molar-refractivity contribution in [2.24, 2.45) is 0 Å². The summed E-state index contributed by atoms with van der Waals surface area (Å²) >= 11 is 3.39. The molecule has 0 saturated carbocycles. The zero-order chi connectivity index (χ0) is 18.4. The Morgan fingerprint density at radius 3 is 2.35 bits per heavy atom.